The van der Waals surface area contributed by atoms with Gasteiger partial charge in [-0.25, -0.2) is 0 Å². The highest BCUT2D eigenvalue weighted by Gasteiger charge is 2.28. The van der Waals surface area contributed by atoms with E-state index in [-0.39, 0.29) is 5.54 Å². The van der Waals surface area contributed by atoms with Crippen LogP contribution in [0.4, 0.5) is 0 Å². The Labute approximate surface area is 106 Å². The fourth-order valence-electron chi connectivity index (χ4n) is 2.31. The summed E-state index contributed by atoms with van der Waals surface area (Å²) in [5.74, 6) is 2.22. The van der Waals surface area contributed by atoms with E-state index in [0.29, 0.717) is 12.8 Å². The number of aryl methyl sites for hydroxylation is 1. The van der Waals surface area contributed by atoms with E-state index < -0.39 is 0 Å². The minimum absolute atomic E-state index is 0.0273. The highest BCUT2D eigenvalue weighted by molar-refractivity contribution is 5.80. The van der Waals surface area contributed by atoms with Gasteiger partial charge in [-0.15, -0.1) is 0 Å². The average molecular weight is 247 g/mol. The topological polar surface area (TPSA) is 68.9 Å². The normalized spacial score (nSPS) is 24.8. The Balaban J connectivity index is 1.64. The lowest BCUT2D eigenvalue weighted by molar-refractivity contribution is 0.174. The molecule has 0 bridgehead atoms. The van der Waals surface area contributed by atoms with Gasteiger partial charge < -0.3 is 20.5 Å². The van der Waals surface area contributed by atoms with Gasteiger partial charge in [-0.1, -0.05) is 6.07 Å². The molecule has 0 radical (unpaired) electrons. The molecular weight excluding hydrogens is 230 g/mol. The summed E-state index contributed by atoms with van der Waals surface area (Å²) in [6, 6.07) is 6.09. The lowest BCUT2D eigenvalue weighted by Crippen LogP contribution is -2.45. The van der Waals surface area contributed by atoms with E-state index in [0.717, 1.165) is 30.9 Å². The van der Waals surface area contributed by atoms with Crippen molar-refractivity contribution in [2.24, 2.45) is 10.7 Å². The molecule has 2 heterocycles. The molecule has 0 amide bonds. The van der Waals surface area contributed by atoms with Gasteiger partial charge in [0.15, 0.2) is 17.5 Å². The van der Waals surface area contributed by atoms with Crippen LogP contribution in [-0.4, -0.2) is 24.8 Å². The smallest absolute Gasteiger partial charge is 0.231 e. The zero-order chi connectivity index (χ0) is 12.6. The van der Waals surface area contributed by atoms with Crippen LogP contribution in [0, 0.1) is 0 Å². The third kappa shape index (κ3) is 2.08. The fraction of sp³-hybridized carbons (Fsp3) is 0.462. The molecule has 0 spiro atoms. The highest BCUT2D eigenvalue weighted by atomic mass is 16.7. The molecule has 0 saturated carbocycles. The van der Waals surface area contributed by atoms with Crippen molar-refractivity contribution in [3.63, 3.8) is 0 Å². The van der Waals surface area contributed by atoms with Crippen molar-refractivity contribution in [1.82, 2.24) is 5.32 Å². The molecule has 0 fully saturated rings. The van der Waals surface area contributed by atoms with E-state index >= 15 is 0 Å². The number of ether oxygens (including phenoxy) is 2. The maximum absolute atomic E-state index is 5.66. The van der Waals surface area contributed by atoms with Crippen LogP contribution in [-0.2, 0) is 6.42 Å². The molecule has 5 nitrogen and oxygen atoms in total. The quantitative estimate of drug-likeness (QED) is 0.837. The van der Waals surface area contributed by atoms with Gasteiger partial charge in [-0.05, 0) is 37.5 Å². The summed E-state index contributed by atoms with van der Waals surface area (Å²) < 4.78 is 10.7. The molecule has 0 aromatic heterocycles. The number of guanidine groups is 1. The predicted octanol–water partition coefficient (Wildman–Crippen LogP) is 1.02. The molecule has 5 heteroatoms. The van der Waals surface area contributed by atoms with Crippen LogP contribution in [0.5, 0.6) is 11.5 Å². The zero-order valence-corrected chi connectivity index (χ0v) is 10.4. The third-order valence-corrected chi connectivity index (χ3v) is 3.43. The molecule has 0 saturated heterocycles. The third-order valence-electron chi connectivity index (χ3n) is 3.43. The van der Waals surface area contributed by atoms with Crippen LogP contribution in [0.25, 0.3) is 0 Å². The average Bonchev–Trinajstić information content (AvgIpc) is 2.93. The van der Waals surface area contributed by atoms with Crippen LogP contribution < -0.4 is 20.5 Å². The summed E-state index contributed by atoms with van der Waals surface area (Å²) in [5.41, 5.74) is 6.87. The Morgan fingerprint density at radius 3 is 3.00 bits per heavy atom. The monoisotopic (exact) mass is 247 g/mol. The number of hydrogen-bond acceptors (Lipinski definition) is 5. The predicted molar refractivity (Wildman–Crippen MR) is 68.9 cm³/mol. The number of hydrogen-bond donors (Lipinski definition) is 2. The molecule has 1 atom stereocenters. The van der Waals surface area contributed by atoms with Gasteiger partial charge in [0.25, 0.3) is 0 Å². The number of nitrogens with one attached hydrogen (secondary N) is 1. The molecule has 0 aliphatic carbocycles. The van der Waals surface area contributed by atoms with Crippen molar-refractivity contribution in [2.75, 3.05) is 13.3 Å². The summed E-state index contributed by atoms with van der Waals surface area (Å²) in [5, 5.41) is 3.22. The van der Waals surface area contributed by atoms with Crippen LogP contribution in [0.1, 0.15) is 18.9 Å². The number of aliphatic imine (C=N–C) groups is 1. The standard InChI is InChI=1S/C13H17N3O2/c1-13(7-15-12(14)16-13)5-4-9-2-3-10-11(6-9)18-8-17-10/h2-3,6H,4-5,7-8H2,1H3,(H3,14,15,16). The van der Waals surface area contributed by atoms with Gasteiger partial charge in [0, 0.05) is 0 Å². The first-order valence-electron chi connectivity index (χ1n) is 6.11. The number of benzene rings is 1. The Kier molecular flexibility index (Phi) is 2.54. The number of nitrogens with zero attached hydrogens (tertiary/aromatic N) is 1. The van der Waals surface area contributed by atoms with Crippen molar-refractivity contribution >= 4 is 5.96 Å². The van der Waals surface area contributed by atoms with E-state index in [1.165, 1.54) is 5.56 Å². The second-order valence-corrected chi connectivity index (χ2v) is 5.07. The summed E-state index contributed by atoms with van der Waals surface area (Å²) in [4.78, 5) is 4.20. The molecule has 1 aromatic carbocycles. The van der Waals surface area contributed by atoms with E-state index in [1.54, 1.807) is 0 Å². The lowest BCUT2D eigenvalue weighted by Gasteiger charge is -2.24. The van der Waals surface area contributed by atoms with Crippen LogP contribution in [0.2, 0.25) is 0 Å². The molecule has 96 valence electrons. The minimum atomic E-state index is -0.0273. The van der Waals surface area contributed by atoms with E-state index in [1.807, 2.05) is 12.1 Å². The number of rotatable bonds is 3. The SMILES string of the molecule is CC1(CCc2ccc3c(c2)OCO3)CN=C(N)N1. The summed E-state index contributed by atoms with van der Waals surface area (Å²) in [6.45, 7) is 3.20. The number of nitrogens with two attached hydrogens (primary N) is 1. The van der Waals surface area contributed by atoms with Crippen molar-refractivity contribution in [3.05, 3.63) is 23.8 Å². The van der Waals surface area contributed by atoms with Gasteiger partial charge in [0.05, 0.1) is 12.1 Å². The molecule has 1 unspecified atom stereocenters. The van der Waals surface area contributed by atoms with Crippen molar-refractivity contribution in [2.45, 2.75) is 25.3 Å². The van der Waals surface area contributed by atoms with Gasteiger partial charge in [-0.2, -0.15) is 0 Å². The zero-order valence-electron chi connectivity index (χ0n) is 10.4. The molecule has 2 aliphatic rings. The van der Waals surface area contributed by atoms with Gasteiger partial charge in [0.1, 0.15) is 0 Å². The lowest BCUT2D eigenvalue weighted by atomic mass is 9.94. The Morgan fingerprint density at radius 2 is 2.22 bits per heavy atom. The van der Waals surface area contributed by atoms with Gasteiger partial charge in [-0.3, -0.25) is 4.99 Å². The van der Waals surface area contributed by atoms with E-state index in [4.69, 9.17) is 15.2 Å². The molecular formula is C13H17N3O2. The molecule has 1 aromatic rings. The minimum Gasteiger partial charge on any atom is -0.454 e. The maximum atomic E-state index is 5.66. The van der Waals surface area contributed by atoms with Crippen molar-refractivity contribution in [1.29, 1.82) is 0 Å². The first-order chi connectivity index (χ1) is 8.65. The second-order valence-electron chi connectivity index (χ2n) is 5.07. The van der Waals surface area contributed by atoms with E-state index in [9.17, 15) is 0 Å². The van der Waals surface area contributed by atoms with Crippen molar-refractivity contribution in [3.8, 4) is 11.5 Å². The molecule has 18 heavy (non-hydrogen) atoms. The molecule has 3 rings (SSSR count). The largest absolute Gasteiger partial charge is 0.454 e. The first-order valence-corrected chi connectivity index (χ1v) is 6.11. The summed E-state index contributed by atoms with van der Waals surface area (Å²) >= 11 is 0. The number of fused-ring (bicyclic) bond motifs is 1. The first kappa shape index (κ1) is 11.2. The summed E-state index contributed by atoms with van der Waals surface area (Å²) in [7, 11) is 0. The van der Waals surface area contributed by atoms with Crippen LogP contribution in [0.3, 0.4) is 0 Å². The van der Waals surface area contributed by atoms with E-state index in [2.05, 4.69) is 23.3 Å². The van der Waals surface area contributed by atoms with Crippen molar-refractivity contribution < 1.29 is 9.47 Å². The van der Waals surface area contributed by atoms with Gasteiger partial charge in [0.2, 0.25) is 6.79 Å². The Bertz CT molecular complexity index is 501. The summed E-state index contributed by atoms with van der Waals surface area (Å²) in [6.07, 6.45) is 1.94. The maximum Gasteiger partial charge on any atom is 0.231 e. The fourth-order valence-corrected chi connectivity index (χ4v) is 2.31. The highest BCUT2D eigenvalue weighted by Crippen LogP contribution is 2.33. The van der Waals surface area contributed by atoms with Crippen LogP contribution in [0.15, 0.2) is 23.2 Å². The Hall–Kier alpha value is -1.91. The molecule has 2 aliphatic heterocycles. The second kappa shape index (κ2) is 4.08. The van der Waals surface area contributed by atoms with Gasteiger partial charge >= 0.3 is 0 Å². The Morgan fingerprint density at radius 1 is 1.39 bits per heavy atom. The van der Waals surface area contributed by atoms with Crippen LogP contribution >= 0.6 is 0 Å². The molecule has 3 N–H and O–H groups in total.